The molecule has 0 aromatic heterocycles. The molecule has 2 atom stereocenters. The van der Waals surface area contributed by atoms with E-state index in [-0.39, 0.29) is 88.1 Å². The number of hydrogen-bond acceptors (Lipinski definition) is 15. The predicted octanol–water partition coefficient (Wildman–Crippen LogP) is 4.97. The average molecular weight is 961 g/mol. The molecule has 0 fully saturated rings. The fraction of sp³-hybridized carbons (Fsp3) is 0.318. The van der Waals surface area contributed by atoms with Crippen LogP contribution in [0.5, 0.6) is 11.5 Å². The summed E-state index contributed by atoms with van der Waals surface area (Å²) in [6.07, 6.45) is -0.187. The number of carbonyl (C=O) groups excluding carboxylic acids is 3. The van der Waals surface area contributed by atoms with Crippen LogP contribution in [0.4, 0.5) is 8.78 Å². The van der Waals surface area contributed by atoms with Gasteiger partial charge in [0, 0.05) is 11.8 Å². The van der Waals surface area contributed by atoms with E-state index in [1.807, 2.05) is 0 Å². The zero-order chi connectivity index (χ0) is 48.8. The van der Waals surface area contributed by atoms with Gasteiger partial charge in [-0.2, -0.15) is 0 Å². The van der Waals surface area contributed by atoms with Gasteiger partial charge in [0.2, 0.25) is 19.7 Å². The zero-order valence-corrected chi connectivity index (χ0v) is 36.9. The fourth-order valence-corrected chi connectivity index (χ4v) is 10.3. The monoisotopic (exact) mass is 960 g/mol. The minimum atomic E-state index is -4.17. The van der Waals surface area contributed by atoms with Crippen LogP contribution in [0.1, 0.15) is 56.6 Å². The summed E-state index contributed by atoms with van der Waals surface area (Å²) in [5, 5.41) is 28.4. The summed E-state index contributed by atoms with van der Waals surface area (Å²) in [6.45, 7) is 3.99. The lowest BCUT2D eigenvalue weighted by Crippen LogP contribution is -2.54. The number of hydrogen-bond donors (Lipinski definition) is 3. The minimum Gasteiger partial charge on any atom is -0.493 e. The average Bonchev–Trinajstić information content (AvgIpc) is 3.26. The standard InChI is InChI=1S/C25H27FO9S.C19H15FO9S/c1-4-32-22(27)25(23(28)33-5-2,24(29)34-6-3)20-12-13-35-21-15-18(10-11-19(20)21)36(30,31)17-9-7-8-16(26)14-17;20-10-2-1-3-11(8-10)30(27,28)12-4-5-13-14(6-7-29-15(13)9-12)19(16(21)22,17(23)24)18(25)26/h7-11,14-15,20H,4-6,12-13H2,1-3H3;1-5,8-9,14H,6-7H2,(H,21,22)(H,23,24)(H,25,26). The molecule has 2 unspecified atom stereocenters. The van der Waals surface area contributed by atoms with Crippen molar-refractivity contribution in [3.63, 3.8) is 0 Å². The molecule has 352 valence electrons. The highest BCUT2D eigenvalue weighted by atomic mass is 32.2. The van der Waals surface area contributed by atoms with Crippen molar-refractivity contribution in [2.45, 2.75) is 65.0 Å². The van der Waals surface area contributed by atoms with Crippen molar-refractivity contribution >= 4 is 55.5 Å². The molecule has 0 saturated carbocycles. The summed E-state index contributed by atoms with van der Waals surface area (Å²) in [5.41, 5.74) is -5.49. The van der Waals surface area contributed by atoms with Gasteiger partial charge in [0.05, 0.1) is 52.6 Å². The number of fused-ring (bicyclic) bond motifs is 2. The van der Waals surface area contributed by atoms with E-state index in [0.717, 1.165) is 42.5 Å². The van der Waals surface area contributed by atoms with Gasteiger partial charge >= 0.3 is 35.8 Å². The number of rotatable bonds is 15. The lowest BCUT2D eigenvalue weighted by molar-refractivity contribution is -0.187. The Labute approximate surface area is 375 Å². The highest BCUT2D eigenvalue weighted by molar-refractivity contribution is 7.91. The van der Waals surface area contributed by atoms with Crippen molar-refractivity contribution in [3.05, 3.63) is 108 Å². The number of carboxylic acid groups (broad SMARTS) is 3. The van der Waals surface area contributed by atoms with Crippen molar-refractivity contribution in [2.24, 2.45) is 10.8 Å². The molecule has 66 heavy (non-hydrogen) atoms. The van der Waals surface area contributed by atoms with Gasteiger partial charge in [-0.05, 0) is 105 Å². The zero-order valence-electron chi connectivity index (χ0n) is 35.2. The summed E-state index contributed by atoms with van der Waals surface area (Å²) < 4.78 is 105. The van der Waals surface area contributed by atoms with Crippen LogP contribution in [0.3, 0.4) is 0 Å². The molecule has 6 rings (SSSR count). The first-order chi connectivity index (χ1) is 31.2. The molecule has 0 amide bonds. The van der Waals surface area contributed by atoms with E-state index < -0.39 is 89.8 Å². The van der Waals surface area contributed by atoms with Crippen LogP contribution in [0.2, 0.25) is 0 Å². The molecule has 2 aliphatic rings. The molecule has 18 nitrogen and oxygen atoms in total. The molecule has 4 aromatic carbocycles. The van der Waals surface area contributed by atoms with Crippen LogP contribution in [0, 0.1) is 22.5 Å². The van der Waals surface area contributed by atoms with Crippen LogP contribution in [-0.4, -0.2) is 101 Å². The number of aliphatic carboxylic acids is 3. The largest absolute Gasteiger partial charge is 0.493 e. The summed E-state index contributed by atoms with van der Waals surface area (Å²) in [5.74, 6) is -13.8. The normalized spacial score (nSPS) is 15.7. The van der Waals surface area contributed by atoms with E-state index in [0.29, 0.717) is 0 Å². The van der Waals surface area contributed by atoms with Crippen LogP contribution in [-0.2, 0) is 62.7 Å². The Morgan fingerprint density at radius 1 is 0.545 bits per heavy atom. The molecule has 0 saturated heterocycles. The van der Waals surface area contributed by atoms with E-state index in [1.54, 1.807) is 0 Å². The molecule has 2 aliphatic heterocycles. The summed E-state index contributed by atoms with van der Waals surface area (Å²) >= 11 is 0. The molecule has 0 aliphatic carbocycles. The molecule has 2 heterocycles. The molecular formula is C44H42F2O18S2. The third kappa shape index (κ3) is 9.14. The maximum Gasteiger partial charge on any atom is 0.335 e. The molecule has 3 N–H and O–H groups in total. The van der Waals surface area contributed by atoms with Gasteiger partial charge in [-0.1, -0.05) is 24.3 Å². The van der Waals surface area contributed by atoms with Gasteiger partial charge in [-0.3, -0.25) is 28.8 Å². The Bertz CT molecular complexity index is 2710. The van der Waals surface area contributed by atoms with Crippen molar-refractivity contribution in [2.75, 3.05) is 33.0 Å². The van der Waals surface area contributed by atoms with E-state index in [9.17, 15) is 69.7 Å². The third-order valence-electron chi connectivity index (χ3n) is 10.7. The number of carbonyl (C=O) groups is 6. The minimum absolute atomic E-state index is 0.0406. The fourth-order valence-electron chi connectivity index (χ4n) is 7.65. The quantitative estimate of drug-likeness (QED) is 0.0806. The highest BCUT2D eigenvalue weighted by Crippen LogP contribution is 2.49. The summed E-state index contributed by atoms with van der Waals surface area (Å²) in [7, 11) is -8.28. The summed E-state index contributed by atoms with van der Waals surface area (Å²) in [4.78, 5) is 73.8. The van der Waals surface area contributed by atoms with Crippen molar-refractivity contribution in [1.29, 1.82) is 0 Å². The number of sulfone groups is 2. The molecule has 22 heteroatoms. The molecule has 0 bridgehead atoms. The number of halogens is 2. The SMILES string of the molecule is CCOC(=O)C(C(=O)OCC)(C(=O)OCC)C1CCOc2cc(S(=O)(=O)c3cccc(F)c3)ccc21.O=C(O)C(C(=O)O)(C(=O)O)C1CCOc2cc(S(=O)(=O)c3cccc(F)c3)ccc21. The van der Waals surface area contributed by atoms with Gasteiger partial charge in [0.15, 0.2) is 0 Å². The molecule has 4 aromatic rings. The van der Waals surface area contributed by atoms with E-state index >= 15 is 0 Å². The lowest BCUT2D eigenvalue weighted by Gasteiger charge is -2.37. The van der Waals surface area contributed by atoms with Crippen LogP contribution in [0.25, 0.3) is 0 Å². The first-order valence-corrected chi connectivity index (χ1v) is 22.9. The van der Waals surface area contributed by atoms with Crippen LogP contribution in [0.15, 0.2) is 105 Å². The van der Waals surface area contributed by atoms with Gasteiger partial charge in [0.25, 0.3) is 10.8 Å². The van der Waals surface area contributed by atoms with E-state index in [1.165, 1.54) is 63.2 Å². The Morgan fingerprint density at radius 3 is 1.20 bits per heavy atom. The highest BCUT2D eigenvalue weighted by Gasteiger charge is 2.64. The second-order valence-electron chi connectivity index (χ2n) is 14.4. The number of esters is 3. The summed E-state index contributed by atoms with van der Waals surface area (Å²) in [6, 6.07) is 15.9. The third-order valence-corrected chi connectivity index (χ3v) is 14.2. The Kier molecular flexibility index (Phi) is 15.2. The molecule has 0 radical (unpaired) electrons. The number of carboxylic acids is 3. The second kappa shape index (κ2) is 20.1. The van der Waals surface area contributed by atoms with Gasteiger partial charge < -0.3 is 39.0 Å². The van der Waals surface area contributed by atoms with E-state index in [2.05, 4.69) is 0 Å². The van der Waals surface area contributed by atoms with Crippen LogP contribution < -0.4 is 9.47 Å². The number of ether oxygens (including phenoxy) is 5. The second-order valence-corrected chi connectivity index (χ2v) is 18.3. The van der Waals surface area contributed by atoms with Crippen molar-refractivity contribution in [3.8, 4) is 11.5 Å². The first kappa shape index (κ1) is 50.1. The van der Waals surface area contributed by atoms with Gasteiger partial charge in [0.1, 0.15) is 23.1 Å². The van der Waals surface area contributed by atoms with Crippen LogP contribution >= 0.6 is 0 Å². The van der Waals surface area contributed by atoms with Gasteiger partial charge in [-0.25, -0.2) is 25.6 Å². The van der Waals surface area contributed by atoms with Crippen molar-refractivity contribution < 1.29 is 93.4 Å². The Hall–Kier alpha value is -6.94. The predicted molar refractivity (Wildman–Crippen MR) is 220 cm³/mol. The topological polar surface area (TPSA) is 278 Å². The van der Waals surface area contributed by atoms with Gasteiger partial charge in [-0.15, -0.1) is 0 Å². The maximum atomic E-state index is 13.7. The molecule has 0 spiro atoms. The first-order valence-electron chi connectivity index (χ1n) is 19.9. The molecular weight excluding hydrogens is 919 g/mol. The smallest absolute Gasteiger partial charge is 0.335 e. The Morgan fingerprint density at radius 2 is 0.879 bits per heavy atom. The lowest BCUT2D eigenvalue weighted by atomic mass is 9.69. The Balaban J connectivity index is 0.000000251. The number of benzene rings is 4. The van der Waals surface area contributed by atoms with E-state index in [4.69, 9.17) is 23.7 Å². The maximum absolute atomic E-state index is 13.7. The van der Waals surface area contributed by atoms with Crippen molar-refractivity contribution in [1.82, 2.24) is 0 Å².